The van der Waals surface area contributed by atoms with Gasteiger partial charge in [0.2, 0.25) is 23.1 Å². The molecule has 6 nitrogen and oxygen atoms in total. The summed E-state index contributed by atoms with van der Waals surface area (Å²) >= 11 is 0. The van der Waals surface area contributed by atoms with Crippen LogP contribution in [0.2, 0.25) is 0 Å². The van der Waals surface area contributed by atoms with Gasteiger partial charge < -0.3 is 10.2 Å². The van der Waals surface area contributed by atoms with Crippen molar-refractivity contribution in [1.82, 2.24) is 0 Å². The summed E-state index contributed by atoms with van der Waals surface area (Å²) in [6, 6.07) is 0. The van der Waals surface area contributed by atoms with Gasteiger partial charge in [-0.1, -0.05) is 82.1 Å². The van der Waals surface area contributed by atoms with E-state index in [-0.39, 0.29) is 68.9 Å². The fourth-order valence-corrected chi connectivity index (χ4v) is 2.31. The van der Waals surface area contributed by atoms with Crippen molar-refractivity contribution in [3.8, 4) is 0 Å². The molecule has 0 aromatic heterocycles. The molecule has 2 N–H and O–H groups in total. The average molecular weight is 537 g/mol. The molecule has 0 fully saturated rings. The first kappa shape index (κ1) is 44.3. The van der Waals surface area contributed by atoms with E-state index in [1.807, 2.05) is 27.7 Å². The molecule has 0 spiro atoms. The predicted molar refractivity (Wildman–Crippen MR) is 142 cm³/mol. The fourth-order valence-electron chi connectivity index (χ4n) is 2.31. The van der Waals surface area contributed by atoms with Crippen molar-refractivity contribution in [2.75, 3.05) is 0 Å². The summed E-state index contributed by atoms with van der Waals surface area (Å²) < 4.78 is 0. The molecular weight excluding hydrogens is 480 g/mol. The van der Waals surface area contributed by atoms with Crippen LogP contribution in [0.4, 0.5) is 0 Å². The van der Waals surface area contributed by atoms with Gasteiger partial charge in [-0.25, -0.2) is 0 Å². The molecule has 2 unspecified atom stereocenters. The van der Waals surface area contributed by atoms with E-state index in [0.717, 1.165) is 25.7 Å². The van der Waals surface area contributed by atoms with Crippen LogP contribution in [0, 0.1) is 22.7 Å². The molecule has 0 saturated heterocycles. The van der Waals surface area contributed by atoms with Crippen molar-refractivity contribution in [2.45, 2.75) is 135 Å². The summed E-state index contributed by atoms with van der Waals surface area (Å²) in [6.07, 6.45) is 3.18. The molecule has 35 heavy (non-hydrogen) atoms. The quantitative estimate of drug-likeness (QED) is 0.292. The number of rotatable bonds is 8. The molecule has 0 saturated carbocycles. The third kappa shape index (κ3) is 29.4. The van der Waals surface area contributed by atoms with E-state index in [0.29, 0.717) is 0 Å². The predicted octanol–water partition coefficient (Wildman–Crippen LogP) is 5.99. The zero-order valence-corrected chi connectivity index (χ0v) is 26.7. The molecule has 0 aliphatic heterocycles. The molecular formula is C28H56O6Ti+4. The van der Waals surface area contributed by atoms with Gasteiger partial charge in [0, 0.05) is 34.9 Å². The van der Waals surface area contributed by atoms with E-state index in [1.165, 1.54) is 0 Å². The Bertz CT molecular complexity index is 526. The van der Waals surface area contributed by atoms with Gasteiger partial charge in [0.25, 0.3) is 0 Å². The third-order valence-electron chi connectivity index (χ3n) is 4.15. The zero-order chi connectivity index (χ0) is 28.4. The number of ketones is 4. The number of hydrogen-bond donors (Lipinski definition) is 2. The van der Waals surface area contributed by atoms with Crippen molar-refractivity contribution in [3.63, 3.8) is 0 Å². The maximum absolute atomic E-state index is 11.5. The first-order valence-corrected chi connectivity index (χ1v) is 12.6. The minimum atomic E-state index is -0.529. The summed E-state index contributed by atoms with van der Waals surface area (Å²) in [5.74, 6) is -1.14. The molecule has 0 amide bonds. The minimum absolute atomic E-state index is 0. The van der Waals surface area contributed by atoms with E-state index < -0.39 is 10.8 Å². The van der Waals surface area contributed by atoms with Crippen molar-refractivity contribution < 1.29 is 51.1 Å². The van der Waals surface area contributed by atoms with Gasteiger partial charge in [0.1, 0.15) is 0 Å². The van der Waals surface area contributed by atoms with Crippen LogP contribution in [0.25, 0.3) is 0 Å². The monoisotopic (exact) mass is 536 g/mol. The van der Waals surface area contributed by atoms with E-state index in [1.54, 1.807) is 69.2 Å². The van der Waals surface area contributed by atoms with Gasteiger partial charge in [0.05, 0.1) is 0 Å². The molecule has 0 bridgehead atoms. The summed E-state index contributed by atoms with van der Waals surface area (Å²) in [7, 11) is 0. The van der Waals surface area contributed by atoms with Gasteiger partial charge in [0.15, 0.2) is 0 Å². The van der Waals surface area contributed by atoms with E-state index in [2.05, 4.69) is 0 Å². The van der Waals surface area contributed by atoms with Gasteiger partial charge in [-0.3, -0.25) is 19.2 Å². The molecule has 0 aliphatic carbocycles. The van der Waals surface area contributed by atoms with Gasteiger partial charge in [-0.15, -0.1) is 0 Å². The maximum atomic E-state index is 11.5. The molecule has 0 rings (SSSR count). The van der Waals surface area contributed by atoms with Crippen LogP contribution in [0.1, 0.15) is 123 Å². The number of carbonyl (C=O) groups excluding carboxylic acids is 4. The van der Waals surface area contributed by atoms with Crippen LogP contribution >= 0.6 is 0 Å². The van der Waals surface area contributed by atoms with E-state index in [9.17, 15) is 19.2 Å². The molecule has 0 aliphatic rings. The largest absolute Gasteiger partial charge is 4.00 e. The van der Waals surface area contributed by atoms with Gasteiger partial charge >= 0.3 is 21.7 Å². The summed E-state index contributed by atoms with van der Waals surface area (Å²) in [5.41, 5.74) is -1.06. The Morgan fingerprint density at radius 1 is 0.571 bits per heavy atom. The first-order valence-electron chi connectivity index (χ1n) is 12.6. The van der Waals surface area contributed by atoms with Gasteiger partial charge in [-0.2, -0.15) is 0 Å². The van der Waals surface area contributed by atoms with Crippen LogP contribution in [0.15, 0.2) is 0 Å². The second-order valence-corrected chi connectivity index (χ2v) is 11.5. The van der Waals surface area contributed by atoms with E-state index in [4.69, 9.17) is 10.2 Å². The van der Waals surface area contributed by atoms with Gasteiger partial charge in [-0.05, 0) is 40.5 Å². The molecule has 2 atom stereocenters. The van der Waals surface area contributed by atoms with Crippen LogP contribution in [0.3, 0.4) is 0 Å². The molecule has 0 aromatic rings. The second-order valence-electron chi connectivity index (χ2n) is 11.5. The van der Waals surface area contributed by atoms with Crippen molar-refractivity contribution >= 4 is 23.1 Å². The first-order chi connectivity index (χ1) is 15.1. The third-order valence-corrected chi connectivity index (χ3v) is 4.15. The molecule has 0 heterocycles. The van der Waals surface area contributed by atoms with Crippen LogP contribution in [-0.4, -0.2) is 45.6 Å². The number of carbonyl (C=O) groups is 4. The standard InChI is InChI=1S/2C11H20O2.2C3H8O.Ti/c2*1-6-7-8(2)9(12)10(13)11(3,4)5;2*1-3(2)4;/h2*8H,6-7H2,1-5H3;2*3-4H,1-2H3;/q;;;;+4. The normalized spacial score (nSPS) is 12.4. The summed E-state index contributed by atoms with van der Waals surface area (Å²) in [6.45, 7) is 25.3. The maximum Gasteiger partial charge on any atom is 4.00 e. The summed E-state index contributed by atoms with van der Waals surface area (Å²) in [4.78, 5) is 46.1. The smallest absolute Gasteiger partial charge is 0.394 e. The number of Topliss-reactive ketones (excluding diaryl/α,β-unsaturated/α-hetero) is 4. The Balaban J connectivity index is -0.000000128. The van der Waals surface area contributed by atoms with Crippen LogP contribution in [-0.2, 0) is 40.9 Å². The molecule has 7 heteroatoms. The van der Waals surface area contributed by atoms with Crippen LogP contribution in [0.5, 0.6) is 0 Å². The Kier molecular flexibility index (Phi) is 28.5. The van der Waals surface area contributed by atoms with Crippen molar-refractivity contribution in [2.24, 2.45) is 22.7 Å². The average Bonchev–Trinajstić information content (AvgIpc) is 2.64. The zero-order valence-electron chi connectivity index (χ0n) is 25.2. The fraction of sp³-hybridized carbons (Fsp3) is 0.857. The number of hydrogen-bond acceptors (Lipinski definition) is 6. The SMILES string of the molecule is CC(C)O.CC(C)O.CCCC(C)C(=O)C(=O)C(C)(C)C.CCCC(C)C(=O)C(=O)C(C)(C)C.[Ti+4]. The minimum Gasteiger partial charge on any atom is -0.394 e. The molecule has 0 aromatic carbocycles. The number of aliphatic hydroxyl groups excluding tert-OH is 2. The summed E-state index contributed by atoms with van der Waals surface area (Å²) in [5, 5.41) is 16.1. The molecule has 204 valence electrons. The Hall–Kier alpha value is -0.686. The van der Waals surface area contributed by atoms with Crippen molar-refractivity contribution in [1.29, 1.82) is 0 Å². The van der Waals surface area contributed by atoms with Crippen molar-refractivity contribution in [3.05, 3.63) is 0 Å². The Labute approximate surface area is 231 Å². The molecule has 0 radical (unpaired) electrons. The second kappa shape index (κ2) is 22.5. The van der Waals surface area contributed by atoms with E-state index >= 15 is 0 Å². The topological polar surface area (TPSA) is 109 Å². The van der Waals surface area contributed by atoms with Crippen LogP contribution < -0.4 is 0 Å². The Morgan fingerprint density at radius 2 is 0.743 bits per heavy atom. The Morgan fingerprint density at radius 3 is 0.857 bits per heavy atom. The number of aliphatic hydroxyl groups is 2.